The number of nitrogens with zero attached hydrogens (tertiary/aromatic N) is 1. The van der Waals surface area contributed by atoms with Gasteiger partial charge in [-0.25, -0.2) is 4.79 Å². The topological polar surface area (TPSA) is 70.0 Å². The first-order valence-corrected chi connectivity index (χ1v) is 6.98. The quantitative estimate of drug-likeness (QED) is 0.763. The van der Waals surface area contributed by atoms with Gasteiger partial charge in [0.15, 0.2) is 0 Å². The molecule has 1 fully saturated rings. The lowest BCUT2D eigenvalue weighted by Crippen LogP contribution is -2.52. The molecule has 2 aliphatic rings. The van der Waals surface area contributed by atoms with Gasteiger partial charge < -0.3 is 19.8 Å². The first-order valence-electron chi connectivity index (χ1n) is 6.98. The summed E-state index contributed by atoms with van der Waals surface area (Å²) in [5.74, 6) is 0.275. The molecule has 1 spiro atoms. The molecule has 0 radical (unpaired) electrons. The second kappa shape index (κ2) is 4.66. The van der Waals surface area contributed by atoms with Crippen molar-refractivity contribution < 1.29 is 19.7 Å². The summed E-state index contributed by atoms with van der Waals surface area (Å²) >= 11 is 0. The second-order valence-electron chi connectivity index (χ2n) is 5.71. The molecule has 1 unspecified atom stereocenters. The molecular formula is C15H19NO4. The Morgan fingerprint density at radius 3 is 3.00 bits per heavy atom. The maximum atomic E-state index is 11.2. The molecule has 1 amide bonds. The predicted molar refractivity (Wildman–Crippen MR) is 72.9 cm³/mol. The van der Waals surface area contributed by atoms with Crippen LogP contribution in [0.5, 0.6) is 5.75 Å². The number of aromatic hydroxyl groups is 1. The van der Waals surface area contributed by atoms with Crippen LogP contribution in [0.2, 0.25) is 0 Å². The van der Waals surface area contributed by atoms with Gasteiger partial charge >= 0.3 is 6.09 Å². The Kier molecular flexibility index (Phi) is 3.09. The van der Waals surface area contributed by atoms with Crippen molar-refractivity contribution in [1.82, 2.24) is 4.90 Å². The van der Waals surface area contributed by atoms with Gasteiger partial charge in [-0.15, -0.1) is 0 Å². The third-order valence-electron chi connectivity index (χ3n) is 4.49. The summed E-state index contributed by atoms with van der Waals surface area (Å²) in [5.41, 5.74) is 1.83. The summed E-state index contributed by atoms with van der Waals surface area (Å²) in [5, 5.41) is 18.8. The van der Waals surface area contributed by atoms with E-state index in [0.29, 0.717) is 26.0 Å². The Balaban J connectivity index is 1.94. The smallest absolute Gasteiger partial charge is 0.407 e. The summed E-state index contributed by atoms with van der Waals surface area (Å²) in [4.78, 5) is 12.7. The van der Waals surface area contributed by atoms with Crippen LogP contribution in [0.1, 0.15) is 30.9 Å². The van der Waals surface area contributed by atoms with Crippen LogP contribution in [0.4, 0.5) is 4.79 Å². The molecule has 1 aromatic carbocycles. The Morgan fingerprint density at radius 1 is 1.50 bits per heavy atom. The Labute approximate surface area is 117 Å². The van der Waals surface area contributed by atoms with Crippen LogP contribution in [0, 0.1) is 0 Å². The second-order valence-corrected chi connectivity index (χ2v) is 5.71. The van der Waals surface area contributed by atoms with E-state index in [-0.39, 0.29) is 11.8 Å². The number of carboxylic acid groups (broad SMARTS) is 1. The molecule has 2 heterocycles. The largest absolute Gasteiger partial charge is 0.508 e. The standard InChI is InChI=1S/C15H19NO4/c1-10-9-15(5-6-16(10)14(18)19)13-3-2-12(17)8-11(13)4-7-20-15/h2-3,8,10,17H,4-7,9H2,1H3,(H,18,19)/t10-,15?/m0/s1. The van der Waals surface area contributed by atoms with Crippen molar-refractivity contribution in [2.45, 2.75) is 37.8 Å². The van der Waals surface area contributed by atoms with Gasteiger partial charge in [0, 0.05) is 19.0 Å². The van der Waals surface area contributed by atoms with Gasteiger partial charge in [-0.05, 0) is 43.0 Å². The van der Waals surface area contributed by atoms with Crippen LogP contribution >= 0.6 is 0 Å². The van der Waals surface area contributed by atoms with Crippen molar-refractivity contribution in [3.63, 3.8) is 0 Å². The summed E-state index contributed by atoms with van der Waals surface area (Å²) < 4.78 is 6.07. The molecule has 2 N–H and O–H groups in total. The fourth-order valence-electron chi connectivity index (χ4n) is 3.54. The van der Waals surface area contributed by atoms with Crippen molar-refractivity contribution in [1.29, 1.82) is 0 Å². The third-order valence-corrected chi connectivity index (χ3v) is 4.49. The number of phenolic OH excluding ortho intramolecular Hbond substituents is 1. The van der Waals surface area contributed by atoms with Gasteiger partial charge in [0.25, 0.3) is 0 Å². The Hall–Kier alpha value is -1.75. The number of rotatable bonds is 0. The van der Waals surface area contributed by atoms with Gasteiger partial charge in [0.2, 0.25) is 0 Å². The molecule has 2 atom stereocenters. The zero-order valence-electron chi connectivity index (χ0n) is 11.5. The highest BCUT2D eigenvalue weighted by atomic mass is 16.5. The van der Waals surface area contributed by atoms with Crippen molar-refractivity contribution in [3.05, 3.63) is 29.3 Å². The van der Waals surface area contributed by atoms with Crippen molar-refractivity contribution in [2.24, 2.45) is 0 Å². The summed E-state index contributed by atoms with van der Waals surface area (Å²) in [6, 6.07) is 5.34. The van der Waals surface area contributed by atoms with E-state index in [4.69, 9.17) is 4.74 Å². The van der Waals surface area contributed by atoms with E-state index >= 15 is 0 Å². The van der Waals surface area contributed by atoms with Crippen molar-refractivity contribution in [3.8, 4) is 5.75 Å². The number of ether oxygens (including phenoxy) is 1. The minimum absolute atomic E-state index is 0.0685. The normalized spacial score (nSPS) is 29.2. The number of likely N-dealkylation sites (tertiary alicyclic amines) is 1. The van der Waals surface area contributed by atoms with Gasteiger partial charge in [0.05, 0.1) is 12.2 Å². The van der Waals surface area contributed by atoms with E-state index < -0.39 is 11.7 Å². The maximum Gasteiger partial charge on any atom is 0.407 e. The lowest BCUT2D eigenvalue weighted by molar-refractivity contribution is -0.106. The molecule has 3 rings (SSSR count). The Bertz CT molecular complexity index is 545. The molecule has 2 aliphatic heterocycles. The fraction of sp³-hybridized carbons (Fsp3) is 0.533. The zero-order valence-corrected chi connectivity index (χ0v) is 11.5. The molecule has 0 bridgehead atoms. The first kappa shape index (κ1) is 13.2. The number of benzene rings is 1. The number of piperidine rings is 1. The van der Waals surface area contributed by atoms with Crippen molar-refractivity contribution >= 4 is 6.09 Å². The highest BCUT2D eigenvalue weighted by molar-refractivity contribution is 5.65. The molecule has 1 saturated heterocycles. The van der Waals surface area contributed by atoms with Crippen LogP contribution in [-0.4, -0.2) is 40.4 Å². The fourth-order valence-corrected chi connectivity index (χ4v) is 3.54. The maximum absolute atomic E-state index is 11.2. The number of amides is 1. The zero-order chi connectivity index (χ0) is 14.3. The number of carbonyl (C=O) groups is 1. The van der Waals surface area contributed by atoms with Gasteiger partial charge in [-0.3, -0.25) is 0 Å². The average molecular weight is 277 g/mol. The number of hydrogen-bond donors (Lipinski definition) is 2. The number of fused-ring (bicyclic) bond motifs is 2. The van der Waals surface area contributed by atoms with E-state index in [9.17, 15) is 15.0 Å². The molecule has 5 heteroatoms. The number of phenols is 1. The number of hydrogen-bond acceptors (Lipinski definition) is 3. The monoisotopic (exact) mass is 277 g/mol. The average Bonchev–Trinajstić information content (AvgIpc) is 2.38. The Morgan fingerprint density at radius 2 is 2.30 bits per heavy atom. The van der Waals surface area contributed by atoms with Gasteiger partial charge in [-0.1, -0.05) is 6.07 Å². The molecule has 5 nitrogen and oxygen atoms in total. The SMILES string of the molecule is C[C@H]1CC2(CCN1C(=O)O)OCCc1cc(O)ccc12. The molecular weight excluding hydrogens is 258 g/mol. The van der Waals surface area contributed by atoms with E-state index in [0.717, 1.165) is 17.5 Å². The van der Waals surface area contributed by atoms with Crippen LogP contribution in [0.25, 0.3) is 0 Å². The van der Waals surface area contributed by atoms with Crippen LogP contribution < -0.4 is 0 Å². The van der Waals surface area contributed by atoms with Crippen LogP contribution in [-0.2, 0) is 16.8 Å². The van der Waals surface area contributed by atoms with Crippen LogP contribution in [0.3, 0.4) is 0 Å². The molecule has 0 saturated carbocycles. The van der Waals surface area contributed by atoms with Gasteiger partial charge in [0.1, 0.15) is 5.75 Å². The van der Waals surface area contributed by atoms with E-state index in [1.54, 1.807) is 12.1 Å². The molecule has 0 aromatic heterocycles. The lowest BCUT2D eigenvalue weighted by atomic mass is 9.77. The summed E-state index contributed by atoms with van der Waals surface area (Å²) in [7, 11) is 0. The molecule has 1 aromatic rings. The summed E-state index contributed by atoms with van der Waals surface area (Å²) in [6.07, 6.45) is 1.26. The van der Waals surface area contributed by atoms with E-state index in [1.165, 1.54) is 4.90 Å². The highest BCUT2D eigenvalue weighted by Crippen LogP contribution is 2.44. The molecule has 108 valence electrons. The van der Waals surface area contributed by atoms with Gasteiger partial charge in [-0.2, -0.15) is 0 Å². The first-order chi connectivity index (χ1) is 9.52. The lowest BCUT2D eigenvalue weighted by Gasteiger charge is -2.47. The predicted octanol–water partition coefficient (Wildman–Crippen LogP) is 2.32. The van der Waals surface area contributed by atoms with Crippen LogP contribution in [0.15, 0.2) is 18.2 Å². The highest BCUT2D eigenvalue weighted by Gasteiger charge is 2.44. The molecule has 20 heavy (non-hydrogen) atoms. The molecule has 0 aliphatic carbocycles. The minimum Gasteiger partial charge on any atom is -0.508 e. The summed E-state index contributed by atoms with van der Waals surface area (Å²) in [6.45, 7) is 3.03. The minimum atomic E-state index is -0.867. The third kappa shape index (κ3) is 2.02. The van der Waals surface area contributed by atoms with E-state index in [2.05, 4.69) is 0 Å². The van der Waals surface area contributed by atoms with E-state index in [1.807, 2.05) is 13.0 Å². The van der Waals surface area contributed by atoms with Crippen molar-refractivity contribution in [2.75, 3.05) is 13.2 Å².